The van der Waals surface area contributed by atoms with Crippen LogP contribution in [-0.2, 0) is 6.42 Å². The normalized spacial score (nSPS) is 11.2. The largest absolute Gasteiger partial charge is 0.497 e. The van der Waals surface area contributed by atoms with Gasteiger partial charge in [-0.25, -0.2) is 15.8 Å². The molecule has 0 bridgehead atoms. The van der Waals surface area contributed by atoms with E-state index in [0.29, 0.717) is 6.54 Å². The predicted molar refractivity (Wildman–Crippen MR) is 122 cm³/mol. The number of aromatic nitrogens is 3. The fraction of sp³-hybridized carbons (Fsp3) is 0.250. The molecule has 0 atom stereocenters. The van der Waals surface area contributed by atoms with Crippen LogP contribution >= 0.6 is 0 Å². The van der Waals surface area contributed by atoms with Crippen LogP contribution < -0.4 is 15.6 Å². The van der Waals surface area contributed by atoms with Gasteiger partial charge in [0, 0.05) is 12.6 Å². The molecule has 0 amide bonds. The average molecular weight is 402 g/mol. The highest BCUT2D eigenvalue weighted by molar-refractivity contribution is 5.92. The lowest BCUT2D eigenvalue weighted by molar-refractivity contribution is 0.415. The molecule has 0 fully saturated rings. The van der Waals surface area contributed by atoms with Crippen molar-refractivity contribution in [1.29, 1.82) is 0 Å². The van der Waals surface area contributed by atoms with Crippen molar-refractivity contribution in [3.63, 3.8) is 0 Å². The van der Waals surface area contributed by atoms with Crippen molar-refractivity contribution in [1.82, 2.24) is 14.5 Å². The predicted octanol–water partition coefficient (Wildman–Crippen LogP) is 4.61. The molecule has 0 unspecified atom stereocenters. The minimum absolute atomic E-state index is 0.234. The Morgan fingerprint density at radius 2 is 1.77 bits per heavy atom. The maximum Gasteiger partial charge on any atom is 0.155 e. The van der Waals surface area contributed by atoms with Gasteiger partial charge in [0.05, 0.1) is 18.2 Å². The number of nitrogens with zero attached hydrogens (tertiary/aromatic N) is 4. The summed E-state index contributed by atoms with van der Waals surface area (Å²) in [4.78, 5) is 9.10. The van der Waals surface area contributed by atoms with E-state index in [4.69, 9.17) is 10.6 Å². The third kappa shape index (κ3) is 3.86. The standard InChI is InChI=1S/C24H27N5O/c1-17(2)29-22(19-9-11-20(30-3)12-10-19)15-21-23(26-16-27-24(21)29)28(25)14-13-18-7-5-4-6-8-18/h4-12,15-17H,13-14,25H2,1-3H3. The second kappa shape index (κ2) is 8.55. The van der Waals surface area contributed by atoms with Gasteiger partial charge in [-0.05, 0) is 61.7 Å². The van der Waals surface area contributed by atoms with Crippen molar-refractivity contribution in [2.24, 2.45) is 5.84 Å². The number of hydrogen-bond donors (Lipinski definition) is 1. The van der Waals surface area contributed by atoms with Gasteiger partial charge in [-0.2, -0.15) is 0 Å². The van der Waals surface area contributed by atoms with Crippen LogP contribution in [-0.4, -0.2) is 28.2 Å². The zero-order valence-electron chi connectivity index (χ0n) is 17.6. The van der Waals surface area contributed by atoms with Gasteiger partial charge in [-0.3, -0.25) is 5.01 Å². The number of nitrogens with two attached hydrogens (primary N) is 1. The average Bonchev–Trinajstić information content (AvgIpc) is 3.18. The topological polar surface area (TPSA) is 69.2 Å². The van der Waals surface area contributed by atoms with Gasteiger partial charge in [-0.15, -0.1) is 0 Å². The molecule has 4 rings (SSSR count). The van der Waals surface area contributed by atoms with E-state index in [2.05, 4.69) is 58.7 Å². The van der Waals surface area contributed by atoms with Crippen LogP contribution in [0.3, 0.4) is 0 Å². The lowest BCUT2D eigenvalue weighted by atomic mass is 10.1. The molecule has 0 saturated heterocycles. The van der Waals surface area contributed by atoms with Gasteiger partial charge in [0.1, 0.15) is 17.7 Å². The van der Waals surface area contributed by atoms with Crippen LogP contribution in [0.1, 0.15) is 25.5 Å². The Labute approximate surface area is 176 Å². The molecule has 4 aromatic rings. The molecule has 30 heavy (non-hydrogen) atoms. The maximum atomic E-state index is 6.44. The first kappa shape index (κ1) is 19.9. The fourth-order valence-electron chi connectivity index (χ4n) is 3.75. The van der Waals surface area contributed by atoms with Crippen LogP contribution in [0.5, 0.6) is 5.75 Å². The first-order valence-electron chi connectivity index (χ1n) is 10.1. The smallest absolute Gasteiger partial charge is 0.155 e. The SMILES string of the molecule is COc1ccc(-c2cc3c(N(N)CCc4ccccc4)ncnc3n2C(C)C)cc1. The molecule has 0 spiro atoms. The van der Waals surface area contributed by atoms with Gasteiger partial charge < -0.3 is 9.30 Å². The van der Waals surface area contributed by atoms with E-state index in [1.165, 1.54) is 5.56 Å². The Morgan fingerprint density at radius 3 is 2.43 bits per heavy atom. The van der Waals surface area contributed by atoms with Crippen LogP contribution in [0.4, 0.5) is 5.82 Å². The van der Waals surface area contributed by atoms with Crippen molar-refractivity contribution in [3.8, 4) is 17.0 Å². The number of fused-ring (bicyclic) bond motifs is 1. The molecule has 6 heteroatoms. The first-order chi connectivity index (χ1) is 14.6. The van der Waals surface area contributed by atoms with Crippen molar-refractivity contribution >= 4 is 16.9 Å². The fourth-order valence-corrected chi connectivity index (χ4v) is 3.75. The summed E-state index contributed by atoms with van der Waals surface area (Å²) in [5, 5.41) is 2.67. The Hall–Kier alpha value is -3.38. The number of rotatable bonds is 7. The number of hydrazine groups is 1. The monoisotopic (exact) mass is 401 g/mol. The summed E-state index contributed by atoms with van der Waals surface area (Å²) in [6.45, 7) is 4.98. The molecular formula is C24H27N5O. The van der Waals surface area contributed by atoms with Crippen molar-refractivity contribution in [2.75, 3.05) is 18.7 Å². The molecule has 2 N–H and O–H groups in total. The number of ether oxygens (including phenoxy) is 1. The molecular weight excluding hydrogens is 374 g/mol. The molecule has 2 heterocycles. The Balaban J connectivity index is 1.73. The summed E-state index contributed by atoms with van der Waals surface area (Å²) >= 11 is 0. The minimum atomic E-state index is 0.234. The van der Waals surface area contributed by atoms with E-state index in [-0.39, 0.29) is 6.04 Å². The van der Waals surface area contributed by atoms with Gasteiger partial charge in [0.2, 0.25) is 0 Å². The molecule has 0 aliphatic carbocycles. The van der Waals surface area contributed by atoms with E-state index in [1.54, 1.807) is 18.4 Å². The van der Waals surface area contributed by atoms with E-state index in [0.717, 1.165) is 40.3 Å². The van der Waals surface area contributed by atoms with Crippen molar-refractivity contribution in [3.05, 3.63) is 72.6 Å². The van der Waals surface area contributed by atoms with E-state index >= 15 is 0 Å². The highest BCUT2D eigenvalue weighted by atomic mass is 16.5. The number of hydrogen-bond acceptors (Lipinski definition) is 5. The third-order valence-electron chi connectivity index (χ3n) is 5.27. The number of benzene rings is 2. The third-order valence-corrected chi connectivity index (χ3v) is 5.27. The zero-order valence-corrected chi connectivity index (χ0v) is 17.6. The van der Waals surface area contributed by atoms with Crippen molar-refractivity contribution in [2.45, 2.75) is 26.3 Å². The quantitative estimate of drug-likeness (QED) is 0.362. The van der Waals surface area contributed by atoms with Gasteiger partial charge in [-0.1, -0.05) is 30.3 Å². The molecule has 0 aliphatic rings. The first-order valence-corrected chi connectivity index (χ1v) is 10.1. The minimum Gasteiger partial charge on any atom is -0.497 e. The molecule has 0 radical (unpaired) electrons. The van der Waals surface area contributed by atoms with Gasteiger partial charge in [0.15, 0.2) is 5.82 Å². The van der Waals surface area contributed by atoms with Crippen LogP contribution in [0.2, 0.25) is 0 Å². The number of anilines is 1. The lowest BCUT2D eigenvalue weighted by Crippen LogP contribution is -2.33. The molecule has 2 aromatic carbocycles. The second-order valence-electron chi connectivity index (χ2n) is 7.59. The summed E-state index contributed by atoms with van der Waals surface area (Å²) in [6, 6.07) is 20.8. The summed E-state index contributed by atoms with van der Waals surface area (Å²) in [5.41, 5.74) is 4.31. The lowest BCUT2D eigenvalue weighted by Gasteiger charge is -2.18. The van der Waals surface area contributed by atoms with Crippen LogP contribution in [0, 0.1) is 0 Å². The van der Waals surface area contributed by atoms with Gasteiger partial charge >= 0.3 is 0 Å². The number of methoxy groups -OCH3 is 1. The van der Waals surface area contributed by atoms with Crippen LogP contribution in [0.15, 0.2) is 67.0 Å². The Bertz CT molecular complexity index is 1120. The highest BCUT2D eigenvalue weighted by Gasteiger charge is 2.19. The summed E-state index contributed by atoms with van der Waals surface area (Å²) in [5.74, 6) is 8.01. The Morgan fingerprint density at radius 1 is 1.03 bits per heavy atom. The van der Waals surface area contributed by atoms with E-state index < -0.39 is 0 Å². The molecule has 0 saturated carbocycles. The van der Waals surface area contributed by atoms with Crippen molar-refractivity contribution < 1.29 is 4.74 Å². The Kier molecular flexibility index (Phi) is 5.68. The molecule has 2 aromatic heterocycles. The summed E-state index contributed by atoms with van der Waals surface area (Å²) in [6.07, 6.45) is 2.44. The van der Waals surface area contributed by atoms with E-state index in [9.17, 15) is 0 Å². The molecule has 154 valence electrons. The zero-order chi connectivity index (χ0) is 21.1. The summed E-state index contributed by atoms with van der Waals surface area (Å²) in [7, 11) is 1.67. The van der Waals surface area contributed by atoms with E-state index in [1.807, 2.05) is 30.3 Å². The maximum absolute atomic E-state index is 6.44. The van der Waals surface area contributed by atoms with Gasteiger partial charge in [0.25, 0.3) is 0 Å². The molecule has 6 nitrogen and oxygen atoms in total. The molecule has 0 aliphatic heterocycles. The van der Waals surface area contributed by atoms with Crippen LogP contribution in [0.25, 0.3) is 22.3 Å². The highest BCUT2D eigenvalue weighted by Crippen LogP contribution is 2.34. The summed E-state index contributed by atoms with van der Waals surface area (Å²) < 4.78 is 7.53. The second-order valence-corrected chi connectivity index (χ2v) is 7.59.